The molecule has 0 N–H and O–H groups in total. The summed E-state index contributed by atoms with van der Waals surface area (Å²) in [6.45, 7) is 0. The molecule has 0 spiro atoms. The number of nitrogens with zero attached hydrogens (tertiary/aromatic N) is 2. The average Bonchev–Trinajstić information content (AvgIpc) is 3.94. The van der Waals surface area contributed by atoms with Gasteiger partial charge in [0.05, 0.1) is 22.1 Å². The Morgan fingerprint density at radius 2 is 0.865 bits per heavy atom. The first-order valence-electron chi connectivity index (χ1n) is 17.7. The highest BCUT2D eigenvalue weighted by Gasteiger charge is 2.21. The Hall–Kier alpha value is -7.04. The summed E-state index contributed by atoms with van der Waals surface area (Å²) in [4.78, 5) is 0. The van der Waals surface area contributed by atoms with Crippen LogP contribution in [0.2, 0.25) is 0 Å². The van der Waals surface area contributed by atoms with E-state index in [9.17, 15) is 0 Å². The van der Waals surface area contributed by atoms with Gasteiger partial charge in [-0.05, 0) is 90.0 Å². The Bertz CT molecular complexity index is 3400. The van der Waals surface area contributed by atoms with E-state index in [4.69, 9.17) is 8.83 Å². The van der Waals surface area contributed by atoms with Crippen LogP contribution in [0, 0.1) is 0 Å². The first-order chi connectivity index (χ1) is 25.8. The van der Waals surface area contributed by atoms with Gasteiger partial charge < -0.3 is 18.0 Å². The molecule has 8 aromatic carbocycles. The number of aromatic nitrogens is 2. The van der Waals surface area contributed by atoms with Crippen molar-refractivity contribution in [2.45, 2.75) is 0 Å². The minimum atomic E-state index is 0.901. The monoisotopic (exact) mass is 664 g/mol. The highest BCUT2D eigenvalue weighted by molar-refractivity contribution is 6.27. The van der Waals surface area contributed by atoms with Gasteiger partial charge in [0.2, 0.25) is 0 Å². The van der Waals surface area contributed by atoms with Crippen molar-refractivity contribution in [2.75, 3.05) is 0 Å². The molecule has 0 unspecified atom stereocenters. The lowest BCUT2D eigenvalue weighted by atomic mass is 10.00. The highest BCUT2D eigenvalue weighted by Crippen LogP contribution is 2.43. The quantitative estimate of drug-likeness (QED) is 0.188. The second-order valence-corrected chi connectivity index (χ2v) is 13.7. The molecule has 4 heteroatoms. The molecule has 0 amide bonds. The largest absolute Gasteiger partial charge is 0.456 e. The molecule has 0 aliphatic rings. The molecular formula is C48H28N2O2. The summed E-state index contributed by atoms with van der Waals surface area (Å²) >= 11 is 0. The molecule has 52 heavy (non-hydrogen) atoms. The smallest absolute Gasteiger partial charge is 0.136 e. The zero-order valence-electron chi connectivity index (χ0n) is 27.9. The summed E-state index contributed by atoms with van der Waals surface area (Å²) in [6.07, 6.45) is 0. The minimum absolute atomic E-state index is 0.901. The van der Waals surface area contributed by atoms with Crippen LogP contribution in [-0.4, -0.2) is 9.13 Å². The molecule has 0 fully saturated rings. The number of hydrogen-bond acceptors (Lipinski definition) is 2. The average molecular weight is 665 g/mol. The third kappa shape index (κ3) is 3.75. The molecule has 0 aliphatic heterocycles. The number of para-hydroxylation sites is 4. The predicted octanol–water partition coefficient (Wildman–Crippen LogP) is 13.3. The maximum absolute atomic E-state index is 6.40. The maximum atomic E-state index is 6.40. The number of furan rings is 2. The maximum Gasteiger partial charge on any atom is 0.136 e. The molecular weight excluding hydrogens is 637 g/mol. The molecule has 0 radical (unpaired) electrons. The van der Waals surface area contributed by atoms with Gasteiger partial charge in [-0.2, -0.15) is 0 Å². The van der Waals surface area contributed by atoms with Crippen LogP contribution in [0.5, 0.6) is 0 Å². The van der Waals surface area contributed by atoms with E-state index in [0.29, 0.717) is 0 Å². The van der Waals surface area contributed by atoms with Crippen LogP contribution in [0.4, 0.5) is 0 Å². The Morgan fingerprint density at radius 1 is 0.288 bits per heavy atom. The van der Waals surface area contributed by atoms with E-state index < -0.39 is 0 Å². The van der Waals surface area contributed by atoms with Crippen molar-refractivity contribution in [2.24, 2.45) is 0 Å². The minimum Gasteiger partial charge on any atom is -0.456 e. The van der Waals surface area contributed by atoms with E-state index in [-0.39, 0.29) is 0 Å². The molecule has 0 aliphatic carbocycles. The highest BCUT2D eigenvalue weighted by atomic mass is 16.3. The number of hydrogen-bond donors (Lipinski definition) is 0. The summed E-state index contributed by atoms with van der Waals surface area (Å²) < 4.78 is 17.5. The van der Waals surface area contributed by atoms with Crippen molar-refractivity contribution in [1.29, 1.82) is 0 Å². The number of benzene rings is 8. The topological polar surface area (TPSA) is 36.1 Å². The van der Waals surface area contributed by atoms with E-state index in [1.807, 2.05) is 18.2 Å². The van der Waals surface area contributed by atoms with Crippen LogP contribution >= 0.6 is 0 Å². The zero-order chi connectivity index (χ0) is 33.9. The molecule has 0 saturated heterocycles. The van der Waals surface area contributed by atoms with Crippen LogP contribution in [0.3, 0.4) is 0 Å². The molecule has 4 heterocycles. The lowest BCUT2D eigenvalue weighted by molar-refractivity contribution is 0.669. The van der Waals surface area contributed by atoms with Gasteiger partial charge in [-0.3, -0.25) is 0 Å². The molecule has 0 atom stereocenters. The van der Waals surface area contributed by atoms with Crippen molar-refractivity contribution in [3.8, 4) is 22.5 Å². The summed E-state index contributed by atoms with van der Waals surface area (Å²) in [5.74, 6) is 0. The number of fused-ring (bicyclic) bond motifs is 13. The number of rotatable bonds is 3. The van der Waals surface area contributed by atoms with Gasteiger partial charge in [0.1, 0.15) is 22.3 Å². The second kappa shape index (κ2) is 10.3. The summed E-state index contributed by atoms with van der Waals surface area (Å²) in [7, 11) is 0. The van der Waals surface area contributed by atoms with Crippen molar-refractivity contribution >= 4 is 87.5 Å². The van der Waals surface area contributed by atoms with E-state index in [2.05, 4.69) is 161 Å². The lowest BCUT2D eigenvalue weighted by Crippen LogP contribution is -1.93. The Kier molecular flexibility index (Phi) is 5.47. The second-order valence-electron chi connectivity index (χ2n) is 13.7. The van der Waals surface area contributed by atoms with Gasteiger partial charge in [0.25, 0.3) is 0 Å². The van der Waals surface area contributed by atoms with Gasteiger partial charge in [0.15, 0.2) is 0 Å². The third-order valence-corrected chi connectivity index (χ3v) is 10.9. The Labute approximate surface area is 296 Å². The SMILES string of the molecule is c1ccc(-n2c3ccc(-c4ccc5c6c7c(ccc6n(-c6ccccc6)c5c4)oc4ccccc47)cc3c3cc4oc5ccccc5c4cc32)cc1. The predicted molar refractivity (Wildman–Crippen MR) is 215 cm³/mol. The molecule has 0 saturated carbocycles. The Morgan fingerprint density at radius 3 is 1.65 bits per heavy atom. The third-order valence-electron chi connectivity index (χ3n) is 10.9. The summed E-state index contributed by atoms with van der Waals surface area (Å²) in [5, 5.41) is 9.33. The van der Waals surface area contributed by atoms with Crippen LogP contribution in [0.15, 0.2) is 179 Å². The molecule has 4 nitrogen and oxygen atoms in total. The van der Waals surface area contributed by atoms with Gasteiger partial charge in [-0.25, -0.2) is 0 Å². The van der Waals surface area contributed by atoms with Crippen molar-refractivity contribution < 1.29 is 8.83 Å². The van der Waals surface area contributed by atoms with E-state index in [1.165, 1.54) is 21.5 Å². The van der Waals surface area contributed by atoms with Crippen molar-refractivity contribution in [3.63, 3.8) is 0 Å². The summed E-state index contributed by atoms with van der Waals surface area (Å²) in [6, 6.07) is 60.6. The van der Waals surface area contributed by atoms with Crippen molar-refractivity contribution in [1.82, 2.24) is 9.13 Å². The standard InChI is InChI=1S/C48H28N2O2/c1-3-11-31(12-4-1)49-39-22-20-29(25-36(39)37-28-46-38(27-42(37)49)33-15-7-9-17-43(33)52-46)30-19-21-34-41(26-30)50(32-13-5-2-6-14-32)40-23-24-45-48(47(34)40)35-16-8-10-18-44(35)51-45/h1-28H. The molecule has 4 aromatic heterocycles. The van der Waals surface area contributed by atoms with Crippen LogP contribution in [0.1, 0.15) is 0 Å². The first kappa shape index (κ1) is 27.7. The summed E-state index contributed by atoms with van der Waals surface area (Å²) in [5.41, 5.74) is 12.8. The molecule has 12 rings (SSSR count). The molecule has 242 valence electrons. The fourth-order valence-corrected chi connectivity index (χ4v) is 8.63. The Balaban J connectivity index is 1.14. The van der Waals surface area contributed by atoms with Crippen molar-refractivity contribution in [3.05, 3.63) is 170 Å². The molecule has 0 bridgehead atoms. The van der Waals surface area contributed by atoms with Gasteiger partial charge in [-0.15, -0.1) is 0 Å². The first-order valence-corrected chi connectivity index (χ1v) is 17.7. The lowest BCUT2D eigenvalue weighted by Gasteiger charge is -2.10. The van der Waals surface area contributed by atoms with Crippen LogP contribution in [-0.2, 0) is 0 Å². The van der Waals surface area contributed by atoms with E-state index in [1.54, 1.807) is 0 Å². The zero-order valence-corrected chi connectivity index (χ0v) is 27.9. The van der Waals surface area contributed by atoms with Gasteiger partial charge >= 0.3 is 0 Å². The normalized spacial score (nSPS) is 12.2. The van der Waals surface area contributed by atoms with Gasteiger partial charge in [-0.1, -0.05) is 91.0 Å². The van der Waals surface area contributed by atoms with Gasteiger partial charge in [0, 0.05) is 54.5 Å². The van der Waals surface area contributed by atoms with E-state index >= 15 is 0 Å². The van der Waals surface area contributed by atoms with Crippen LogP contribution < -0.4 is 0 Å². The fraction of sp³-hybridized carbons (Fsp3) is 0. The fourth-order valence-electron chi connectivity index (χ4n) is 8.63. The van der Waals surface area contributed by atoms with Crippen LogP contribution in [0.25, 0.3) is 110 Å². The van der Waals surface area contributed by atoms with E-state index in [0.717, 1.165) is 88.4 Å². The molecule has 12 aromatic rings.